The molecule has 0 bridgehead atoms. The Morgan fingerprint density at radius 1 is 0.227 bits per heavy atom. The normalized spacial score (nSPS) is 11.6. The summed E-state index contributed by atoms with van der Waals surface area (Å²) in [5.41, 5.74) is 7.42. The topological polar surface area (TPSA) is 0 Å². The molecule has 0 fully saturated rings. The predicted molar refractivity (Wildman–Crippen MR) is 190 cm³/mol. The second-order valence-electron chi connectivity index (χ2n) is 11.6. The fraction of sp³-hybridized carbons (Fsp3) is 0. The molecule has 0 aliphatic heterocycles. The number of hydrogen-bond acceptors (Lipinski definition) is 0. The smallest absolute Gasteiger partial charge is 0.00137 e. The molecule has 0 N–H and O–H groups in total. The van der Waals surface area contributed by atoms with Gasteiger partial charge in [0, 0.05) is 0 Å². The van der Waals surface area contributed by atoms with Crippen LogP contribution < -0.4 is 0 Å². The summed E-state index contributed by atoms with van der Waals surface area (Å²) in [6.07, 6.45) is 0. The third-order valence-corrected chi connectivity index (χ3v) is 9.23. The summed E-state index contributed by atoms with van der Waals surface area (Å²) in [4.78, 5) is 0. The quantitative estimate of drug-likeness (QED) is 0.190. The van der Waals surface area contributed by atoms with Crippen LogP contribution in [0, 0.1) is 0 Å². The molecule has 0 heteroatoms. The summed E-state index contributed by atoms with van der Waals surface area (Å²) < 4.78 is 0. The third-order valence-electron chi connectivity index (χ3n) is 9.23. The molecule has 0 radical (unpaired) electrons. The van der Waals surface area contributed by atoms with Gasteiger partial charge in [0.25, 0.3) is 0 Å². The molecular weight excluding hydrogens is 528 g/mol. The van der Waals surface area contributed by atoms with Crippen molar-refractivity contribution in [3.05, 3.63) is 170 Å². The molecule has 0 heterocycles. The maximum Gasteiger partial charge on any atom is -0.00137 e. The maximum absolute atomic E-state index is 2.45. The van der Waals surface area contributed by atoms with Gasteiger partial charge in [-0.2, -0.15) is 0 Å². The molecule has 0 unspecified atom stereocenters. The first-order chi connectivity index (χ1) is 21.9. The van der Waals surface area contributed by atoms with E-state index in [0.29, 0.717) is 0 Å². The first kappa shape index (κ1) is 24.8. The van der Waals surface area contributed by atoms with Gasteiger partial charge in [-0.05, 0) is 93.3 Å². The standard InChI is InChI=1S/C44H28/c1-3-14-29(15-4-1)32-24-13-25-33(42(32)30-16-5-2-6-17-30)31-26-27-37-36-20-9-11-22-39(36)43-38-21-10-7-18-34(38)35-19-8-12-23-40(35)44(43)41(37)28-31/h1-28H. The van der Waals surface area contributed by atoms with Crippen LogP contribution >= 0.6 is 0 Å². The summed E-state index contributed by atoms with van der Waals surface area (Å²) in [6.45, 7) is 0. The summed E-state index contributed by atoms with van der Waals surface area (Å²) in [6, 6.07) is 62.2. The molecule has 9 aromatic carbocycles. The van der Waals surface area contributed by atoms with Gasteiger partial charge in [0.15, 0.2) is 0 Å². The molecule has 0 saturated carbocycles. The largest absolute Gasteiger partial charge is 0.0622 e. The Kier molecular flexibility index (Phi) is 5.61. The molecule has 9 aromatic rings. The minimum absolute atomic E-state index is 1.22. The highest BCUT2D eigenvalue weighted by molar-refractivity contribution is 6.39. The number of fused-ring (bicyclic) bond motifs is 11. The highest BCUT2D eigenvalue weighted by atomic mass is 14.2. The summed E-state index contributed by atoms with van der Waals surface area (Å²) >= 11 is 0. The van der Waals surface area contributed by atoms with Gasteiger partial charge in [-0.15, -0.1) is 0 Å². The van der Waals surface area contributed by atoms with Gasteiger partial charge in [-0.25, -0.2) is 0 Å². The Morgan fingerprint density at radius 2 is 0.636 bits per heavy atom. The van der Waals surface area contributed by atoms with E-state index in [0.717, 1.165) is 0 Å². The molecule has 0 aliphatic rings. The van der Waals surface area contributed by atoms with Crippen molar-refractivity contribution in [1.82, 2.24) is 0 Å². The number of rotatable bonds is 3. The van der Waals surface area contributed by atoms with Crippen LogP contribution in [0.4, 0.5) is 0 Å². The monoisotopic (exact) mass is 556 g/mol. The van der Waals surface area contributed by atoms with Gasteiger partial charge in [-0.3, -0.25) is 0 Å². The van der Waals surface area contributed by atoms with Gasteiger partial charge in [0.2, 0.25) is 0 Å². The van der Waals surface area contributed by atoms with E-state index in [9.17, 15) is 0 Å². The van der Waals surface area contributed by atoms with Crippen LogP contribution in [0.2, 0.25) is 0 Å². The fourth-order valence-electron chi connectivity index (χ4n) is 7.36. The Balaban J connectivity index is 1.45. The van der Waals surface area contributed by atoms with Crippen molar-refractivity contribution in [2.45, 2.75) is 0 Å². The van der Waals surface area contributed by atoms with Crippen LogP contribution in [0.1, 0.15) is 0 Å². The molecule has 0 saturated heterocycles. The van der Waals surface area contributed by atoms with E-state index in [1.807, 2.05) is 0 Å². The van der Waals surface area contributed by atoms with E-state index in [-0.39, 0.29) is 0 Å². The Labute approximate surface area is 256 Å². The molecule has 0 aromatic heterocycles. The highest BCUT2D eigenvalue weighted by Crippen LogP contribution is 2.46. The van der Waals surface area contributed by atoms with Gasteiger partial charge >= 0.3 is 0 Å². The van der Waals surface area contributed by atoms with Crippen LogP contribution in [0.15, 0.2) is 170 Å². The summed E-state index contributed by atoms with van der Waals surface area (Å²) in [5, 5.41) is 13.1. The van der Waals surface area contributed by atoms with E-state index in [1.54, 1.807) is 0 Å². The lowest BCUT2D eigenvalue weighted by atomic mass is 9.84. The zero-order chi connectivity index (χ0) is 29.0. The van der Waals surface area contributed by atoms with Crippen molar-refractivity contribution >= 4 is 53.9 Å². The van der Waals surface area contributed by atoms with Crippen molar-refractivity contribution in [2.24, 2.45) is 0 Å². The molecular formula is C44H28. The predicted octanol–water partition coefficient (Wildman–Crippen LogP) is 12.5. The molecule has 44 heavy (non-hydrogen) atoms. The first-order valence-electron chi connectivity index (χ1n) is 15.3. The van der Waals surface area contributed by atoms with E-state index >= 15 is 0 Å². The molecule has 0 aliphatic carbocycles. The lowest BCUT2D eigenvalue weighted by Crippen LogP contribution is -1.92. The maximum atomic E-state index is 2.45. The molecule has 0 amide bonds. The van der Waals surface area contributed by atoms with E-state index in [4.69, 9.17) is 0 Å². The average Bonchev–Trinajstić information content (AvgIpc) is 3.11. The van der Waals surface area contributed by atoms with Gasteiger partial charge < -0.3 is 0 Å². The second-order valence-corrected chi connectivity index (χ2v) is 11.6. The van der Waals surface area contributed by atoms with Crippen molar-refractivity contribution in [3.8, 4) is 33.4 Å². The van der Waals surface area contributed by atoms with Crippen LogP contribution in [0.3, 0.4) is 0 Å². The molecule has 9 rings (SSSR count). The zero-order valence-corrected chi connectivity index (χ0v) is 24.2. The molecule has 204 valence electrons. The van der Waals surface area contributed by atoms with E-state index in [2.05, 4.69) is 170 Å². The number of benzene rings is 9. The Morgan fingerprint density at radius 3 is 1.18 bits per heavy atom. The van der Waals surface area contributed by atoms with Crippen LogP contribution in [-0.2, 0) is 0 Å². The fourth-order valence-corrected chi connectivity index (χ4v) is 7.36. The zero-order valence-electron chi connectivity index (χ0n) is 24.2. The third kappa shape index (κ3) is 3.71. The Hall–Kier alpha value is -5.72. The van der Waals surface area contributed by atoms with E-state index < -0.39 is 0 Å². The minimum atomic E-state index is 1.22. The second kappa shape index (κ2) is 9.93. The summed E-state index contributed by atoms with van der Waals surface area (Å²) in [5.74, 6) is 0. The van der Waals surface area contributed by atoms with Crippen molar-refractivity contribution < 1.29 is 0 Å². The van der Waals surface area contributed by atoms with Gasteiger partial charge in [-0.1, -0.05) is 164 Å². The first-order valence-corrected chi connectivity index (χ1v) is 15.3. The van der Waals surface area contributed by atoms with Crippen LogP contribution in [0.5, 0.6) is 0 Å². The van der Waals surface area contributed by atoms with Gasteiger partial charge in [0.05, 0.1) is 0 Å². The Bertz CT molecular complexity index is 2510. The van der Waals surface area contributed by atoms with Gasteiger partial charge in [0.1, 0.15) is 0 Å². The molecule has 0 spiro atoms. The lowest BCUT2D eigenvalue weighted by Gasteiger charge is -2.19. The highest BCUT2D eigenvalue weighted by Gasteiger charge is 2.18. The average molecular weight is 557 g/mol. The number of hydrogen-bond donors (Lipinski definition) is 0. The SMILES string of the molecule is c1ccc(-c2cccc(-c3ccc4c5ccccc5c5c6ccccc6c6ccccc6c5c4c3)c2-c2ccccc2)cc1. The van der Waals surface area contributed by atoms with E-state index in [1.165, 1.54) is 87.2 Å². The molecule has 0 atom stereocenters. The molecule has 0 nitrogen and oxygen atoms in total. The van der Waals surface area contributed by atoms with Crippen molar-refractivity contribution in [2.75, 3.05) is 0 Å². The van der Waals surface area contributed by atoms with Crippen molar-refractivity contribution in [1.29, 1.82) is 0 Å². The van der Waals surface area contributed by atoms with Crippen LogP contribution in [0.25, 0.3) is 87.2 Å². The van der Waals surface area contributed by atoms with Crippen LogP contribution in [-0.4, -0.2) is 0 Å². The lowest BCUT2D eigenvalue weighted by molar-refractivity contribution is 1.57. The summed E-state index contributed by atoms with van der Waals surface area (Å²) in [7, 11) is 0. The van der Waals surface area contributed by atoms with Crippen molar-refractivity contribution in [3.63, 3.8) is 0 Å². The minimum Gasteiger partial charge on any atom is -0.0622 e.